The molecule has 0 atom stereocenters. The molecule has 1 aromatic carbocycles. The quantitative estimate of drug-likeness (QED) is 0.445. The minimum atomic E-state index is 0.750. The first-order chi connectivity index (χ1) is 13.5. The van der Waals surface area contributed by atoms with E-state index in [-0.39, 0.29) is 0 Å². The summed E-state index contributed by atoms with van der Waals surface area (Å²) in [5.74, 6) is 0. The fourth-order valence-corrected chi connectivity index (χ4v) is 3.27. The minimum Gasteiger partial charge on any atom is -0.402 e. The average Bonchev–Trinajstić information content (AvgIpc) is 2.69. The lowest BCUT2D eigenvalue weighted by molar-refractivity contribution is 0.625. The summed E-state index contributed by atoms with van der Waals surface area (Å²) >= 11 is 5.96. The van der Waals surface area contributed by atoms with Gasteiger partial charge in [-0.15, -0.1) is 0 Å². The molecule has 5 nitrogen and oxygen atoms in total. The van der Waals surface area contributed by atoms with Crippen LogP contribution in [-0.4, -0.2) is 39.3 Å². The molecule has 1 aliphatic carbocycles. The van der Waals surface area contributed by atoms with Crippen molar-refractivity contribution in [2.75, 3.05) is 44.2 Å². The number of benzene rings is 1. The van der Waals surface area contributed by atoms with E-state index in [4.69, 9.17) is 23.1 Å². The number of hydrogen-bond donors (Lipinski definition) is 4. The van der Waals surface area contributed by atoms with Gasteiger partial charge in [-0.25, -0.2) is 0 Å². The van der Waals surface area contributed by atoms with Gasteiger partial charge in [0.15, 0.2) is 0 Å². The summed E-state index contributed by atoms with van der Waals surface area (Å²) in [6.45, 7) is 13.6. The van der Waals surface area contributed by atoms with Crippen molar-refractivity contribution >= 4 is 17.3 Å². The Bertz CT molecular complexity index is 597. The fourth-order valence-electron chi connectivity index (χ4n) is 3.14. The molecule has 28 heavy (non-hydrogen) atoms. The van der Waals surface area contributed by atoms with Gasteiger partial charge in [0.25, 0.3) is 0 Å². The van der Waals surface area contributed by atoms with Crippen LogP contribution >= 0.6 is 11.6 Å². The molecule has 0 saturated heterocycles. The van der Waals surface area contributed by atoms with Crippen molar-refractivity contribution in [3.05, 3.63) is 52.8 Å². The van der Waals surface area contributed by atoms with Crippen molar-refractivity contribution in [1.82, 2.24) is 10.6 Å². The van der Waals surface area contributed by atoms with E-state index in [9.17, 15) is 0 Å². The second-order valence-corrected chi connectivity index (χ2v) is 7.27. The van der Waals surface area contributed by atoms with Gasteiger partial charge >= 0.3 is 0 Å². The van der Waals surface area contributed by atoms with Gasteiger partial charge in [0.2, 0.25) is 0 Å². The van der Waals surface area contributed by atoms with Gasteiger partial charge in [0.05, 0.1) is 0 Å². The number of likely N-dealkylation sites (N-methyl/N-ethyl adjacent to an activating group) is 1. The summed E-state index contributed by atoms with van der Waals surface area (Å²) in [5.41, 5.74) is 15.4. The van der Waals surface area contributed by atoms with Crippen molar-refractivity contribution < 1.29 is 0 Å². The summed E-state index contributed by atoms with van der Waals surface area (Å²) < 4.78 is 0. The maximum atomic E-state index is 6.09. The second kappa shape index (κ2) is 14.3. The molecule has 0 amide bonds. The average molecular weight is 408 g/mol. The highest BCUT2D eigenvalue weighted by Crippen LogP contribution is 2.24. The van der Waals surface area contributed by atoms with E-state index in [0.717, 1.165) is 68.5 Å². The monoisotopic (exact) mass is 407 g/mol. The van der Waals surface area contributed by atoms with E-state index in [1.54, 1.807) is 0 Å². The minimum absolute atomic E-state index is 0.750. The number of rotatable bonds is 10. The van der Waals surface area contributed by atoms with Gasteiger partial charge in [-0.3, -0.25) is 0 Å². The van der Waals surface area contributed by atoms with Crippen molar-refractivity contribution in [2.45, 2.75) is 39.5 Å². The van der Waals surface area contributed by atoms with Crippen LogP contribution in [0.15, 0.2) is 47.8 Å². The summed E-state index contributed by atoms with van der Waals surface area (Å²) in [6.07, 6.45) is 4.47. The molecule has 0 heterocycles. The molecule has 0 fully saturated rings. The van der Waals surface area contributed by atoms with Crippen molar-refractivity contribution in [2.24, 2.45) is 11.5 Å². The number of anilines is 1. The maximum Gasteiger partial charge on any atom is 0.0407 e. The highest BCUT2D eigenvalue weighted by molar-refractivity contribution is 6.30. The molecule has 6 N–H and O–H groups in total. The van der Waals surface area contributed by atoms with Gasteiger partial charge in [0.1, 0.15) is 0 Å². The lowest BCUT2D eigenvalue weighted by atomic mass is 9.95. The van der Waals surface area contributed by atoms with Crippen LogP contribution in [0.25, 0.3) is 0 Å². The van der Waals surface area contributed by atoms with Gasteiger partial charge in [0, 0.05) is 54.8 Å². The lowest BCUT2D eigenvalue weighted by Crippen LogP contribution is -2.35. The SMILES string of the molecule is C=C(NCCNCCN(CC)c1ccc(Cl)cc1)C1=C(N)CCCC1.CCN. The Morgan fingerprint density at radius 2 is 1.75 bits per heavy atom. The fraction of sp³-hybridized carbons (Fsp3) is 0.545. The highest BCUT2D eigenvalue weighted by Gasteiger charge is 2.12. The zero-order chi connectivity index (χ0) is 20.8. The molecule has 0 unspecified atom stereocenters. The third kappa shape index (κ3) is 9.00. The van der Waals surface area contributed by atoms with E-state index >= 15 is 0 Å². The Hall–Kier alpha value is -1.69. The third-order valence-electron chi connectivity index (χ3n) is 4.65. The molecule has 0 radical (unpaired) electrons. The van der Waals surface area contributed by atoms with Crippen LogP contribution in [0.1, 0.15) is 39.5 Å². The lowest BCUT2D eigenvalue weighted by Gasteiger charge is -2.23. The van der Waals surface area contributed by atoms with E-state index in [1.165, 1.54) is 24.1 Å². The first kappa shape index (κ1) is 24.3. The van der Waals surface area contributed by atoms with Crippen LogP contribution in [0, 0.1) is 0 Å². The van der Waals surface area contributed by atoms with Crippen molar-refractivity contribution in [3.8, 4) is 0 Å². The molecule has 1 aromatic rings. The smallest absolute Gasteiger partial charge is 0.0407 e. The topological polar surface area (TPSA) is 79.3 Å². The normalized spacial score (nSPS) is 13.6. The number of nitrogens with one attached hydrogen (secondary N) is 2. The molecule has 0 aliphatic heterocycles. The summed E-state index contributed by atoms with van der Waals surface area (Å²) in [5, 5.41) is 7.66. The standard InChI is InChI=1S/C20H31ClN4.C2H7N/c1-3-25(18-10-8-17(21)9-11-18)15-14-23-12-13-24-16(2)19-6-4-5-7-20(19)22;1-2-3/h8-11,23-24H,2-7,12-15,22H2,1H3;2-3H2,1H3. The first-order valence-corrected chi connectivity index (χ1v) is 10.7. The second-order valence-electron chi connectivity index (χ2n) is 6.83. The Morgan fingerprint density at radius 3 is 2.36 bits per heavy atom. The van der Waals surface area contributed by atoms with Crippen LogP contribution in [0.2, 0.25) is 5.02 Å². The Labute approximate surface area is 176 Å². The first-order valence-electron chi connectivity index (χ1n) is 10.3. The van der Waals surface area contributed by atoms with Gasteiger partial charge in [-0.2, -0.15) is 0 Å². The van der Waals surface area contributed by atoms with Gasteiger partial charge in [-0.1, -0.05) is 25.1 Å². The molecule has 0 spiro atoms. The van der Waals surface area contributed by atoms with Crippen LogP contribution < -0.4 is 27.0 Å². The number of nitrogens with zero attached hydrogens (tertiary/aromatic N) is 1. The van der Waals surface area contributed by atoms with Crippen LogP contribution in [0.4, 0.5) is 5.69 Å². The van der Waals surface area contributed by atoms with Crippen LogP contribution in [-0.2, 0) is 0 Å². The number of nitrogens with two attached hydrogens (primary N) is 2. The summed E-state index contributed by atoms with van der Waals surface area (Å²) in [4.78, 5) is 2.34. The summed E-state index contributed by atoms with van der Waals surface area (Å²) in [7, 11) is 0. The molecule has 6 heteroatoms. The van der Waals surface area contributed by atoms with Crippen molar-refractivity contribution in [1.29, 1.82) is 0 Å². The Balaban J connectivity index is 0.00000122. The predicted molar refractivity (Wildman–Crippen MR) is 124 cm³/mol. The molecule has 0 saturated carbocycles. The van der Waals surface area contributed by atoms with E-state index < -0.39 is 0 Å². The van der Waals surface area contributed by atoms with Gasteiger partial charge in [-0.05, 0) is 69.0 Å². The zero-order valence-electron chi connectivity index (χ0n) is 17.6. The molecular weight excluding hydrogens is 370 g/mol. The molecule has 0 bridgehead atoms. The van der Waals surface area contributed by atoms with Crippen LogP contribution in [0.3, 0.4) is 0 Å². The van der Waals surface area contributed by atoms with Gasteiger partial charge < -0.3 is 27.0 Å². The molecule has 158 valence electrons. The molecular formula is C22H38ClN5. The Kier molecular flexibility index (Phi) is 12.5. The number of hydrogen-bond acceptors (Lipinski definition) is 5. The van der Waals surface area contributed by atoms with Crippen LogP contribution in [0.5, 0.6) is 0 Å². The molecule has 1 aliphatic rings. The van der Waals surface area contributed by atoms with Crippen molar-refractivity contribution in [3.63, 3.8) is 0 Å². The largest absolute Gasteiger partial charge is 0.402 e. The molecule has 0 aromatic heterocycles. The Morgan fingerprint density at radius 1 is 1.11 bits per heavy atom. The van der Waals surface area contributed by atoms with E-state index in [0.29, 0.717) is 0 Å². The predicted octanol–water partition coefficient (Wildman–Crippen LogP) is 3.61. The number of allylic oxidation sites excluding steroid dienone is 2. The maximum absolute atomic E-state index is 6.09. The van der Waals surface area contributed by atoms with E-state index in [1.807, 2.05) is 19.1 Å². The molecule has 2 rings (SSSR count). The highest BCUT2D eigenvalue weighted by atomic mass is 35.5. The van der Waals surface area contributed by atoms with E-state index in [2.05, 4.69) is 41.2 Å². The third-order valence-corrected chi connectivity index (χ3v) is 4.90. The summed E-state index contributed by atoms with van der Waals surface area (Å²) in [6, 6.07) is 8.02. The zero-order valence-corrected chi connectivity index (χ0v) is 18.3. The number of halogens is 1.